The molecule has 1 amide bonds. The summed E-state index contributed by atoms with van der Waals surface area (Å²) in [6.07, 6.45) is 3.15. The molecule has 0 unspecified atom stereocenters. The van der Waals surface area contributed by atoms with Crippen LogP contribution in [-0.4, -0.2) is 15.5 Å². The molecule has 0 radical (unpaired) electrons. The van der Waals surface area contributed by atoms with Crippen molar-refractivity contribution in [1.29, 1.82) is 0 Å². The number of fused-ring (bicyclic) bond motifs is 1. The van der Waals surface area contributed by atoms with Gasteiger partial charge >= 0.3 is 0 Å². The van der Waals surface area contributed by atoms with E-state index in [0.29, 0.717) is 5.69 Å². The van der Waals surface area contributed by atoms with Crippen molar-refractivity contribution in [2.24, 2.45) is 7.05 Å². The summed E-state index contributed by atoms with van der Waals surface area (Å²) in [7, 11) is 1.79. The van der Waals surface area contributed by atoms with E-state index in [9.17, 15) is 4.79 Å². The second-order valence-corrected chi connectivity index (χ2v) is 5.47. The quantitative estimate of drug-likeness (QED) is 0.781. The van der Waals surface area contributed by atoms with Crippen LogP contribution in [0.3, 0.4) is 0 Å². The fraction of sp³-hybridized carbons (Fsp3) is 0.0667. The number of carbonyl (C=O) groups excluding carboxylic acids is 1. The Labute approximate surface area is 124 Å². The van der Waals surface area contributed by atoms with Crippen molar-refractivity contribution in [1.82, 2.24) is 9.55 Å². The van der Waals surface area contributed by atoms with Crippen molar-refractivity contribution in [2.75, 3.05) is 5.32 Å². The van der Waals surface area contributed by atoms with Gasteiger partial charge in [-0.15, -0.1) is 0 Å². The average molecular weight is 330 g/mol. The van der Waals surface area contributed by atoms with Crippen LogP contribution < -0.4 is 5.32 Å². The van der Waals surface area contributed by atoms with E-state index in [1.807, 2.05) is 36.4 Å². The molecule has 1 aromatic heterocycles. The third-order valence-corrected chi connectivity index (χ3v) is 3.60. The van der Waals surface area contributed by atoms with Crippen molar-refractivity contribution in [3.8, 4) is 0 Å². The average Bonchev–Trinajstić information content (AvgIpc) is 2.85. The van der Waals surface area contributed by atoms with E-state index >= 15 is 0 Å². The Morgan fingerprint density at radius 3 is 2.70 bits per heavy atom. The van der Waals surface area contributed by atoms with Crippen molar-refractivity contribution in [3.05, 3.63) is 59.1 Å². The lowest BCUT2D eigenvalue weighted by Gasteiger charge is -2.07. The van der Waals surface area contributed by atoms with E-state index < -0.39 is 0 Å². The zero-order valence-corrected chi connectivity index (χ0v) is 12.4. The van der Waals surface area contributed by atoms with Crippen LogP contribution >= 0.6 is 15.9 Å². The fourth-order valence-electron chi connectivity index (χ4n) is 2.07. The first-order valence-corrected chi connectivity index (χ1v) is 6.90. The van der Waals surface area contributed by atoms with Crippen molar-refractivity contribution < 1.29 is 4.79 Å². The number of aryl methyl sites for hydroxylation is 1. The van der Waals surface area contributed by atoms with Crippen LogP contribution in [0.2, 0.25) is 0 Å². The van der Waals surface area contributed by atoms with Gasteiger partial charge in [-0.1, -0.05) is 28.1 Å². The molecule has 0 aliphatic rings. The molecule has 0 aliphatic heterocycles. The van der Waals surface area contributed by atoms with Gasteiger partial charge in [-0.05, 0) is 35.0 Å². The first-order valence-electron chi connectivity index (χ1n) is 6.10. The van der Waals surface area contributed by atoms with Crippen LogP contribution in [0.1, 0.15) is 10.5 Å². The smallest absolute Gasteiger partial charge is 0.273 e. The zero-order chi connectivity index (χ0) is 14.1. The van der Waals surface area contributed by atoms with Crippen LogP contribution in [0.5, 0.6) is 0 Å². The summed E-state index contributed by atoms with van der Waals surface area (Å²) in [6, 6.07) is 11.9. The van der Waals surface area contributed by atoms with Gasteiger partial charge in [0.2, 0.25) is 0 Å². The number of amides is 1. The number of nitrogens with zero attached hydrogens (tertiary/aromatic N) is 2. The highest BCUT2D eigenvalue weighted by molar-refractivity contribution is 9.10. The summed E-state index contributed by atoms with van der Waals surface area (Å²) in [5.41, 5.74) is 1.30. The van der Waals surface area contributed by atoms with Gasteiger partial charge in [0.05, 0.1) is 12.5 Å². The maximum Gasteiger partial charge on any atom is 0.273 e. The zero-order valence-electron chi connectivity index (χ0n) is 10.8. The Balaban J connectivity index is 1.90. The minimum Gasteiger partial charge on any atom is -0.330 e. The van der Waals surface area contributed by atoms with E-state index in [0.717, 1.165) is 20.9 Å². The molecule has 100 valence electrons. The Hall–Kier alpha value is -2.14. The lowest BCUT2D eigenvalue weighted by molar-refractivity contribution is 0.101. The minimum absolute atomic E-state index is 0.165. The second-order valence-electron chi connectivity index (χ2n) is 4.55. The third-order valence-electron chi connectivity index (χ3n) is 3.11. The predicted molar refractivity (Wildman–Crippen MR) is 82.8 cm³/mol. The van der Waals surface area contributed by atoms with E-state index in [-0.39, 0.29) is 5.91 Å². The number of hydrogen-bond donors (Lipinski definition) is 1. The molecule has 1 N–H and O–H groups in total. The van der Waals surface area contributed by atoms with Crippen LogP contribution in [0.25, 0.3) is 10.8 Å². The maximum absolute atomic E-state index is 12.1. The van der Waals surface area contributed by atoms with E-state index in [1.54, 1.807) is 24.1 Å². The molecule has 0 atom stereocenters. The number of carbonyl (C=O) groups is 1. The molecule has 20 heavy (non-hydrogen) atoms. The summed E-state index contributed by atoms with van der Waals surface area (Å²) in [4.78, 5) is 16.0. The Kier molecular flexibility index (Phi) is 3.28. The van der Waals surface area contributed by atoms with Gasteiger partial charge in [0.15, 0.2) is 0 Å². The van der Waals surface area contributed by atoms with Gasteiger partial charge in [-0.3, -0.25) is 4.79 Å². The first-order chi connectivity index (χ1) is 9.63. The fourth-order valence-corrected chi connectivity index (χ4v) is 2.44. The molecule has 0 saturated carbocycles. The Morgan fingerprint density at radius 1 is 1.20 bits per heavy atom. The highest BCUT2D eigenvalue weighted by atomic mass is 79.9. The molecule has 5 heteroatoms. The molecular formula is C15H12BrN3O. The highest BCUT2D eigenvalue weighted by Crippen LogP contribution is 2.23. The van der Waals surface area contributed by atoms with Gasteiger partial charge in [0, 0.05) is 17.2 Å². The van der Waals surface area contributed by atoms with Gasteiger partial charge < -0.3 is 9.88 Å². The lowest BCUT2D eigenvalue weighted by atomic mass is 10.1. The second kappa shape index (κ2) is 5.09. The molecule has 0 aliphatic carbocycles. The summed E-state index contributed by atoms with van der Waals surface area (Å²) in [6.45, 7) is 0. The summed E-state index contributed by atoms with van der Waals surface area (Å²) in [5.74, 6) is -0.165. The first kappa shape index (κ1) is 12.9. The monoisotopic (exact) mass is 329 g/mol. The normalized spacial score (nSPS) is 10.7. The third kappa shape index (κ3) is 2.44. The topological polar surface area (TPSA) is 46.9 Å². The number of nitrogens with one attached hydrogen (secondary N) is 1. The Bertz CT molecular complexity index is 795. The summed E-state index contributed by atoms with van der Waals surface area (Å²) in [5, 5.41) is 5.08. The van der Waals surface area contributed by atoms with Crippen LogP contribution in [0.15, 0.2) is 53.4 Å². The van der Waals surface area contributed by atoms with Crippen molar-refractivity contribution >= 4 is 38.3 Å². The minimum atomic E-state index is -0.165. The molecule has 1 heterocycles. The number of halogens is 1. The van der Waals surface area contributed by atoms with E-state index in [1.165, 1.54) is 0 Å². The number of anilines is 1. The molecule has 0 saturated heterocycles. The predicted octanol–water partition coefficient (Wildman–Crippen LogP) is 3.59. The van der Waals surface area contributed by atoms with Crippen molar-refractivity contribution in [2.45, 2.75) is 0 Å². The summed E-state index contributed by atoms with van der Waals surface area (Å²) < 4.78 is 2.73. The van der Waals surface area contributed by atoms with Crippen LogP contribution in [-0.2, 0) is 7.05 Å². The Morgan fingerprint density at radius 2 is 1.95 bits per heavy atom. The number of aromatic nitrogens is 2. The lowest BCUT2D eigenvalue weighted by Crippen LogP contribution is -2.15. The number of imidazole rings is 1. The molecular weight excluding hydrogens is 318 g/mol. The molecule has 0 spiro atoms. The molecule has 2 aromatic carbocycles. The molecule has 3 rings (SSSR count). The van der Waals surface area contributed by atoms with Crippen LogP contribution in [0, 0.1) is 0 Å². The van der Waals surface area contributed by atoms with Crippen molar-refractivity contribution in [3.63, 3.8) is 0 Å². The van der Waals surface area contributed by atoms with Gasteiger partial charge in [-0.25, -0.2) is 4.98 Å². The largest absolute Gasteiger partial charge is 0.330 e. The van der Waals surface area contributed by atoms with Gasteiger partial charge in [0.25, 0.3) is 5.91 Å². The number of rotatable bonds is 2. The molecule has 0 fully saturated rings. The van der Waals surface area contributed by atoms with Gasteiger partial charge in [0.1, 0.15) is 5.69 Å². The standard InChI is InChI=1S/C15H12BrN3O/c1-19-9-17-8-14(19)15(20)18-13-5-3-10-6-12(16)4-2-11(10)7-13/h2-9H,1H3,(H,18,20). The summed E-state index contributed by atoms with van der Waals surface area (Å²) >= 11 is 3.45. The molecule has 3 aromatic rings. The number of benzene rings is 2. The van der Waals surface area contributed by atoms with Gasteiger partial charge in [-0.2, -0.15) is 0 Å². The highest BCUT2D eigenvalue weighted by Gasteiger charge is 2.10. The maximum atomic E-state index is 12.1. The number of hydrogen-bond acceptors (Lipinski definition) is 2. The van der Waals surface area contributed by atoms with E-state index in [4.69, 9.17) is 0 Å². The molecule has 4 nitrogen and oxygen atoms in total. The molecule has 0 bridgehead atoms. The SMILES string of the molecule is Cn1cncc1C(=O)Nc1ccc2cc(Br)ccc2c1. The van der Waals surface area contributed by atoms with Crippen LogP contribution in [0.4, 0.5) is 5.69 Å². The van der Waals surface area contributed by atoms with E-state index in [2.05, 4.69) is 26.2 Å².